The number of amides is 1. The quantitative estimate of drug-likeness (QED) is 0.815. The van der Waals surface area contributed by atoms with Gasteiger partial charge in [0.05, 0.1) is 11.4 Å². The van der Waals surface area contributed by atoms with Crippen LogP contribution in [0.5, 0.6) is 0 Å². The third-order valence-electron chi connectivity index (χ3n) is 2.50. The molecular weight excluding hydrogens is 249 g/mol. The van der Waals surface area contributed by atoms with E-state index in [1.165, 1.54) is 29.0 Å². The number of halogens is 1. The first kappa shape index (κ1) is 12.8. The number of aromatic nitrogens is 1. The summed E-state index contributed by atoms with van der Waals surface area (Å²) in [6, 6.07) is 8.29. The molecule has 1 heterocycles. The molecule has 0 aliphatic carbocycles. The second-order valence-corrected chi connectivity index (χ2v) is 3.95. The Kier molecular flexibility index (Phi) is 3.61. The molecule has 1 amide bonds. The minimum atomic E-state index is -0.477. The fraction of sp³-hybridized carbons (Fsp3) is 0.0769. The number of nitrogens with two attached hydrogens (primary N) is 1. The van der Waals surface area contributed by atoms with Crippen molar-refractivity contribution in [3.8, 4) is 0 Å². The third kappa shape index (κ3) is 3.19. The van der Waals surface area contributed by atoms with Crippen LogP contribution >= 0.6 is 0 Å². The Morgan fingerprint density at radius 3 is 2.79 bits per heavy atom. The lowest BCUT2D eigenvalue weighted by atomic mass is 10.2. The summed E-state index contributed by atoms with van der Waals surface area (Å²) in [5.41, 5.74) is 5.74. The second kappa shape index (κ2) is 5.34. The van der Waals surface area contributed by atoms with E-state index in [-0.39, 0.29) is 17.8 Å². The van der Waals surface area contributed by atoms with E-state index in [4.69, 9.17) is 5.73 Å². The van der Waals surface area contributed by atoms with E-state index < -0.39 is 11.7 Å². The number of nitrogens with zero attached hydrogens (tertiary/aromatic N) is 1. The zero-order valence-corrected chi connectivity index (χ0v) is 9.97. The smallest absolute Gasteiger partial charge is 0.250 e. The van der Waals surface area contributed by atoms with Gasteiger partial charge in [0.1, 0.15) is 12.4 Å². The highest BCUT2D eigenvalue weighted by Gasteiger charge is 2.07. The lowest BCUT2D eigenvalue weighted by Crippen LogP contribution is -2.26. The lowest BCUT2D eigenvalue weighted by Gasteiger charge is -2.09. The molecule has 0 aliphatic rings. The molecule has 3 N–H and O–H groups in total. The Labute approximate surface area is 108 Å². The van der Waals surface area contributed by atoms with Crippen molar-refractivity contribution in [3.63, 3.8) is 0 Å². The molecule has 1 aromatic carbocycles. The molecule has 0 unspecified atom stereocenters. The van der Waals surface area contributed by atoms with Gasteiger partial charge in [-0.15, -0.1) is 0 Å². The van der Waals surface area contributed by atoms with Crippen LogP contribution in [0.25, 0.3) is 0 Å². The first-order valence-corrected chi connectivity index (χ1v) is 5.56. The molecule has 2 aromatic rings. The van der Waals surface area contributed by atoms with Crippen LogP contribution in [0.2, 0.25) is 0 Å². The number of anilines is 2. The Balaban J connectivity index is 2.10. The highest BCUT2D eigenvalue weighted by atomic mass is 19.1. The van der Waals surface area contributed by atoms with Gasteiger partial charge in [-0.3, -0.25) is 9.59 Å². The van der Waals surface area contributed by atoms with E-state index >= 15 is 0 Å². The number of benzene rings is 1. The van der Waals surface area contributed by atoms with Crippen molar-refractivity contribution in [2.75, 3.05) is 11.1 Å². The molecule has 5 nitrogen and oxygen atoms in total. The monoisotopic (exact) mass is 261 g/mol. The summed E-state index contributed by atoms with van der Waals surface area (Å²) in [4.78, 5) is 23.2. The number of pyridine rings is 1. The van der Waals surface area contributed by atoms with Crippen LogP contribution in [-0.4, -0.2) is 10.5 Å². The maximum atomic E-state index is 12.8. The second-order valence-electron chi connectivity index (χ2n) is 3.95. The van der Waals surface area contributed by atoms with Crippen LogP contribution in [0.4, 0.5) is 15.8 Å². The predicted octanol–water partition coefficient (Wildman–Crippen LogP) is 1.21. The molecule has 0 saturated carbocycles. The van der Waals surface area contributed by atoms with Gasteiger partial charge in [0.25, 0.3) is 5.56 Å². The van der Waals surface area contributed by atoms with Gasteiger partial charge < -0.3 is 15.6 Å². The predicted molar refractivity (Wildman–Crippen MR) is 70.1 cm³/mol. The first-order valence-electron chi connectivity index (χ1n) is 5.56. The Bertz CT molecular complexity index is 667. The molecule has 0 spiro atoms. The molecule has 0 fully saturated rings. The highest BCUT2D eigenvalue weighted by Crippen LogP contribution is 2.18. The number of nitrogens with one attached hydrogen (secondary N) is 1. The van der Waals surface area contributed by atoms with Crippen molar-refractivity contribution in [1.82, 2.24) is 4.57 Å². The molecule has 98 valence electrons. The number of carbonyl (C=O) groups excluding carboxylic acids is 1. The standard InChI is InChI=1S/C13H12FN3O2/c14-9-4-5-11(10(15)7-9)16-12(18)8-17-6-2-1-3-13(17)19/h1-7H,8,15H2,(H,16,18). The van der Waals surface area contributed by atoms with Crippen LogP contribution in [0.3, 0.4) is 0 Å². The van der Waals surface area contributed by atoms with Crippen molar-refractivity contribution in [3.05, 3.63) is 58.8 Å². The van der Waals surface area contributed by atoms with Crippen LogP contribution in [-0.2, 0) is 11.3 Å². The molecule has 0 bridgehead atoms. The van der Waals surface area contributed by atoms with E-state index in [9.17, 15) is 14.0 Å². The van der Waals surface area contributed by atoms with Crippen LogP contribution in [0.15, 0.2) is 47.4 Å². The maximum absolute atomic E-state index is 12.8. The summed E-state index contributed by atoms with van der Waals surface area (Å²) in [5.74, 6) is -0.888. The van der Waals surface area contributed by atoms with Crippen molar-refractivity contribution in [2.45, 2.75) is 6.54 Å². The Morgan fingerprint density at radius 2 is 2.11 bits per heavy atom. The maximum Gasteiger partial charge on any atom is 0.250 e. The lowest BCUT2D eigenvalue weighted by molar-refractivity contribution is -0.116. The van der Waals surface area contributed by atoms with Crippen molar-refractivity contribution < 1.29 is 9.18 Å². The van der Waals surface area contributed by atoms with E-state index in [1.807, 2.05) is 0 Å². The SMILES string of the molecule is Nc1cc(F)ccc1NC(=O)Cn1ccccc1=O. The number of rotatable bonds is 3. The van der Waals surface area contributed by atoms with E-state index in [0.717, 1.165) is 6.07 Å². The largest absolute Gasteiger partial charge is 0.397 e. The van der Waals surface area contributed by atoms with Crippen LogP contribution < -0.4 is 16.6 Å². The molecule has 6 heteroatoms. The molecule has 2 rings (SSSR count). The first-order chi connectivity index (χ1) is 9.06. The summed E-state index contributed by atoms with van der Waals surface area (Å²) >= 11 is 0. The van der Waals surface area contributed by atoms with Gasteiger partial charge in [0.2, 0.25) is 5.91 Å². The van der Waals surface area contributed by atoms with Gasteiger partial charge in [-0.05, 0) is 24.3 Å². The van der Waals surface area contributed by atoms with Crippen LogP contribution in [0.1, 0.15) is 0 Å². The van der Waals surface area contributed by atoms with Crippen molar-refractivity contribution >= 4 is 17.3 Å². The summed E-state index contributed by atoms with van der Waals surface area (Å²) in [7, 11) is 0. The van der Waals surface area contributed by atoms with E-state index in [1.54, 1.807) is 12.1 Å². The van der Waals surface area contributed by atoms with Crippen molar-refractivity contribution in [2.24, 2.45) is 0 Å². The molecule has 0 aliphatic heterocycles. The van der Waals surface area contributed by atoms with Crippen molar-refractivity contribution in [1.29, 1.82) is 0 Å². The minimum Gasteiger partial charge on any atom is -0.397 e. The fourth-order valence-corrected chi connectivity index (χ4v) is 1.58. The van der Waals surface area contributed by atoms with Gasteiger partial charge in [-0.2, -0.15) is 0 Å². The van der Waals surface area contributed by atoms with E-state index in [2.05, 4.69) is 5.32 Å². The van der Waals surface area contributed by atoms with Crippen LogP contribution in [0, 0.1) is 5.82 Å². The highest BCUT2D eigenvalue weighted by molar-refractivity contribution is 5.93. The van der Waals surface area contributed by atoms with Gasteiger partial charge in [-0.1, -0.05) is 6.07 Å². The summed E-state index contributed by atoms with van der Waals surface area (Å²) in [6.45, 7) is -0.128. The minimum absolute atomic E-state index is 0.128. The molecule has 0 radical (unpaired) electrons. The number of nitrogen functional groups attached to an aromatic ring is 1. The van der Waals surface area contributed by atoms with Gasteiger partial charge in [0, 0.05) is 12.3 Å². The molecule has 0 atom stereocenters. The third-order valence-corrected chi connectivity index (χ3v) is 2.50. The number of carbonyl (C=O) groups is 1. The molecule has 0 saturated heterocycles. The summed E-state index contributed by atoms with van der Waals surface area (Å²) in [5, 5.41) is 2.52. The molecular formula is C13H12FN3O2. The molecule has 19 heavy (non-hydrogen) atoms. The number of hydrogen-bond donors (Lipinski definition) is 2. The van der Waals surface area contributed by atoms with Gasteiger partial charge in [-0.25, -0.2) is 4.39 Å². The summed E-state index contributed by atoms with van der Waals surface area (Å²) < 4.78 is 14.1. The van der Waals surface area contributed by atoms with E-state index in [0.29, 0.717) is 5.69 Å². The zero-order valence-electron chi connectivity index (χ0n) is 9.97. The average molecular weight is 261 g/mol. The number of hydrogen-bond acceptors (Lipinski definition) is 3. The Hall–Kier alpha value is -2.63. The van der Waals surface area contributed by atoms with Gasteiger partial charge >= 0.3 is 0 Å². The topological polar surface area (TPSA) is 77.1 Å². The van der Waals surface area contributed by atoms with Gasteiger partial charge in [0.15, 0.2) is 0 Å². The normalized spacial score (nSPS) is 10.2. The molecule has 1 aromatic heterocycles. The fourth-order valence-electron chi connectivity index (χ4n) is 1.58. The Morgan fingerprint density at radius 1 is 1.32 bits per heavy atom. The zero-order chi connectivity index (χ0) is 13.8. The summed E-state index contributed by atoms with van der Waals surface area (Å²) in [6.07, 6.45) is 1.51. The average Bonchev–Trinajstić information content (AvgIpc) is 2.36.